The zero-order chi connectivity index (χ0) is 53.8. The molecule has 0 radical (unpaired) electrons. The van der Waals surface area contributed by atoms with E-state index < -0.39 is 52.9 Å². The highest BCUT2D eigenvalue weighted by Crippen LogP contribution is 2.48. The van der Waals surface area contributed by atoms with E-state index >= 15 is 0 Å². The molecule has 0 saturated heterocycles. The first-order chi connectivity index (χ1) is 33.9. The van der Waals surface area contributed by atoms with Crippen LogP contribution >= 0.6 is 0 Å². The van der Waals surface area contributed by atoms with E-state index in [-0.39, 0.29) is 11.5 Å². The summed E-state index contributed by atoms with van der Waals surface area (Å²) in [5.74, 6) is 0.285. The third-order valence-electron chi connectivity index (χ3n) is 10.9. The van der Waals surface area contributed by atoms with Crippen LogP contribution in [0.4, 0.5) is 19.2 Å². The van der Waals surface area contributed by atoms with Gasteiger partial charge in [-0.15, -0.1) is 0 Å². The van der Waals surface area contributed by atoms with Crippen molar-refractivity contribution >= 4 is 24.6 Å². The van der Waals surface area contributed by atoms with Gasteiger partial charge >= 0.3 is 24.6 Å². The van der Waals surface area contributed by atoms with E-state index in [1.54, 1.807) is 95.2 Å². The highest BCUT2D eigenvalue weighted by atomic mass is 16.7. The van der Waals surface area contributed by atoms with Gasteiger partial charge in [0.1, 0.15) is 45.4 Å². The first-order valence-corrected chi connectivity index (χ1v) is 24.2. The van der Waals surface area contributed by atoms with E-state index in [0.29, 0.717) is 44.9 Å². The molecule has 73 heavy (non-hydrogen) atoms. The van der Waals surface area contributed by atoms with Gasteiger partial charge in [0.2, 0.25) is 0 Å². The summed E-state index contributed by atoms with van der Waals surface area (Å²) >= 11 is 0. The van der Waals surface area contributed by atoms with Crippen LogP contribution in [0.15, 0.2) is 115 Å². The number of hydrogen-bond acceptors (Lipinski definition) is 12. The normalized spacial score (nSPS) is 11.9. The Bertz CT molecular complexity index is 2830. The standard InChI is InChI=1S/C61H68O12/c1-36-30-43(26-28-49(36)66-54(62)70-58(5,6)7)45-32-38(3)52(68-56(64)72-60(11,12)13)47(34-45)51(42-24-22-41(23-25-42)40-20-18-17-19-21-40)48-35-46(33-39(4)53(48)69-57(65)73-61(14,15)16)44-27-29-50(37(2)31-44)67-55(63)71-59(8,9)10/h17-35,51H,1-16H3. The van der Waals surface area contributed by atoms with Crippen LogP contribution in [0.1, 0.15) is 128 Å². The van der Waals surface area contributed by atoms with Crippen molar-refractivity contribution < 1.29 is 57.1 Å². The van der Waals surface area contributed by atoms with Crippen LogP contribution in [0.3, 0.4) is 0 Å². The second-order valence-electron chi connectivity index (χ2n) is 22.1. The molecule has 12 nitrogen and oxygen atoms in total. The molecule has 0 unspecified atom stereocenters. The van der Waals surface area contributed by atoms with Gasteiger partial charge in [-0.1, -0.05) is 66.7 Å². The Morgan fingerprint density at radius 2 is 0.658 bits per heavy atom. The van der Waals surface area contributed by atoms with Gasteiger partial charge in [-0.2, -0.15) is 0 Å². The molecule has 0 atom stereocenters. The minimum absolute atomic E-state index is 0.225. The topological polar surface area (TPSA) is 142 Å². The van der Waals surface area contributed by atoms with Crippen molar-refractivity contribution in [1.82, 2.24) is 0 Å². The predicted octanol–water partition coefficient (Wildman–Crippen LogP) is 16.4. The van der Waals surface area contributed by atoms with Gasteiger partial charge in [-0.3, -0.25) is 0 Å². The third kappa shape index (κ3) is 15.2. The zero-order valence-electron chi connectivity index (χ0n) is 44.9. The smallest absolute Gasteiger partial charge is 0.428 e. The number of hydrogen-bond donors (Lipinski definition) is 0. The molecule has 0 aliphatic carbocycles. The molecule has 0 fully saturated rings. The molecule has 0 aromatic heterocycles. The Morgan fingerprint density at radius 3 is 1.00 bits per heavy atom. The number of aryl methyl sites for hydroxylation is 4. The molecule has 0 amide bonds. The van der Waals surface area contributed by atoms with E-state index in [9.17, 15) is 19.2 Å². The summed E-state index contributed by atoms with van der Waals surface area (Å²) in [7, 11) is 0. The summed E-state index contributed by atoms with van der Waals surface area (Å²) in [5.41, 5.74) is 6.03. The highest BCUT2D eigenvalue weighted by molar-refractivity contribution is 5.78. The van der Waals surface area contributed by atoms with Crippen molar-refractivity contribution in [3.8, 4) is 56.4 Å². The lowest BCUT2D eigenvalue weighted by atomic mass is 9.80. The molecule has 6 aromatic carbocycles. The van der Waals surface area contributed by atoms with Gasteiger partial charge in [0, 0.05) is 17.0 Å². The first kappa shape index (κ1) is 54.7. The molecule has 0 saturated carbocycles. The number of benzene rings is 6. The summed E-state index contributed by atoms with van der Waals surface area (Å²) in [5, 5.41) is 0. The molecule has 0 N–H and O–H groups in total. The molecule has 12 heteroatoms. The maximum Gasteiger partial charge on any atom is 0.514 e. The molecule has 0 bridgehead atoms. The minimum atomic E-state index is -0.915. The van der Waals surface area contributed by atoms with Gasteiger partial charge in [0.25, 0.3) is 0 Å². The van der Waals surface area contributed by atoms with Crippen LogP contribution in [0, 0.1) is 27.7 Å². The maximum absolute atomic E-state index is 13.9. The second-order valence-corrected chi connectivity index (χ2v) is 22.1. The molecule has 384 valence electrons. The molecule has 6 aromatic rings. The van der Waals surface area contributed by atoms with E-state index in [2.05, 4.69) is 0 Å². The lowest BCUT2D eigenvalue weighted by Crippen LogP contribution is -2.27. The zero-order valence-corrected chi connectivity index (χ0v) is 44.9. The average molecular weight is 993 g/mol. The number of carbonyl (C=O) groups is 4. The lowest BCUT2D eigenvalue weighted by molar-refractivity contribution is 0.0189. The summed E-state index contributed by atoms with van der Waals surface area (Å²) in [6, 6.07) is 36.6. The van der Waals surface area contributed by atoms with Crippen LogP contribution in [0.25, 0.3) is 33.4 Å². The average Bonchev–Trinajstić information content (AvgIpc) is 3.25. The van der Waals surface area contributed by atoms with Crippen molar-refractivity contribution in [2.75, 3.05) is 0 Å². The maximum atomic E-state index is 13.9. The van der Waals surface area contributed by atoms with E-state index in [1.807, 2.05) is 131 Å². The summed E-state index contributed by atoms with van der Waals surface area (Å²) in [6.07, 6.45) is -3.48. The van der Waals surface area contributed by atoms with Crippen molar-refractivity contribution in [3.05, 3.63) is 154 Å². The number of ether oxygens (including phenoxy) is 8. The lowest BCUT2D eigenvalue weighted by Gasteiger charge is -2.28. The van der Waals surface area contributed by atoms with Crippen molar-refractivity contribution in [2.24, 2.45) is 0 Å². The molecule has 0 aliphatic rings. The summed E-state index contributed by atoms with van der Waals surface area (Å²) < 4.78 is 46.2. The Kier molecular flexibility index (Phi) is 16.2. The Balaban J connectivity index is 1.64. The summed E-state index contributed by atoms with van der Waals surface area (Å²) in [6.45, 7) is 28.5. The van der Waals surface area contributed by atoms with Crippen LogP contribution in [-0.4, -0.2) is 47.0 Å². The van der Waals surface area contributed by atoms with Crippen molar-refractivity contribution in [1.29, 1.82) is 0 Å². The fraction of sp³-hybridized carbons (Fsp3) is 0.344. The van der Waals surface area contributed by atoms with Crippen LogP contribution in [0.2, 0.25) is 0 Å². The fourth-order valence-corrected chi connectivity index (χ4v) is 7.99. The van der Waals surface area contributed by atoms with Gasteiger partial charge in [0.05, 0.1) is 0 Å². The number of rotatable bonds is 10. The fourth-order valence-electron chi connectivity index (χ4n) is 7.99. The Labute approximate surface area is 429 Å². The molecule has 0 spiro atoms. The molecule has 0 heterocycles. The van der Waals surface area contributed by atoms with Crippen LogP contribution < -0.4 is 18.9 Å². The first-order valence-electron chi connectivity index (χ1n) is 24.2. The predicted molar refractivity (Wildman–Crippen MR) is 283 cm³/mol. The molecule has 0 aliphatic heterocycles. The summed E-state index contributed by atoms with van der Waals surface area (Å²) in [4.78, 5) is 53.2. The molecular formula is C61H68O12. The van der Waals surface area contributed by atoms with E-state index in [4.69, 9.17) is 37.9 Å². The Morgan fingerprint density at radius 1 is 0.342 bits per heavy atom. The van der Waals surface area contributed by atoms with Gasteiger partial charge in [0.15, 0.2) is 0 Å². The van der Waals surface area contributed by atoms with Crippen LogP contribution in [-0.2, 0) is 18.9 Å². The molecular weight excluding hydrogens is 925 g/mol. The van der Waals surface area contributed by atoms with Crippen molar-refractivity contribution in [2.45, 2.75) is 139 Å². The van der Waals surface area contributed by atoms with E-state index in [1.165, 1.54) is 0 Å². The highest BCUT2D eigenvalue weighted by Gasteiger charge is 2.32. The van der Waals surface area contributed by atoms with Gasteiger partial charge in [-0.25, -0.2) is 19.2 Å². The quantitative estimate of drug-likeness (QED) is 0.0558. The molecule has 6 rings (SSSR count). The van der Waals surface area contributed by atoms with E-state index in [0.717, 1.165) is 38.9 Å². The monoisotopic (exact) mass is 992 g/mol. The minimum Gasteiger partial charge on any atom is -0.428 e. The van der Waals surface area contributed by atoms with Crippen molar-refractivity contribution in [3.63, 3.8) is 0 Å². The second kappa shape index (κ2) is 21.6. The Hall–Kier alpha value is -7.60. The third-order valence-corrected chi connectivity index (χ3v) is 10.9. The largest absolute Gasteiger partial charge is 0.514 e. The van der Waals surface area contributed by atoms with Gasteiger partial charge in [-0.05, 0) is 221 Å². The number of carbonyl (C=O) groups excluding carboxylic acids is 4. The van der Waals surface area contributed by atoms with Crippen LogP contribution in [0.5, 0.6) is 23.0 Å². The van der Waals surface area contributed by atoms with Gasteiger partial charge < -0.3 is 37.9 Å². The SMILES string of the molecule is Cc1cc(-c2cc(C)c(OC(=O)OC(C)(C)C)c(C(c3ccc(-c4ccccc4)cc3)c3cc(-c4ccc(OC(=O)OC(C)(C)C)c(C)c4)cc(C)c3OC(=O)OC(C)(C)C)c2)ccc1OC(=O)OC(C)(C)C.